The molecule has 0 aromatic carbocycles. The predicted octanol–water partition coefficient (Wildman–Crippen LogP) is 2.33. The molecule has 0 radical (unpaired) electrons. The lowest BCUT2D eigenvalue weighted by atomic mass is 10.6. The number of aromatic nitrogens is 3. The van der Waals surface area contributed by atoms with Crippen LogP contribution in [0.1, 0.15) is 11.5 Å². The van der Waals surface area contributed by atoms with Crippen LogP contribution in [0.4, 0.5) is 5.13 Å². The number of imidazole rings is 1. The highest BCUT2D eigenvalue weighted by Gasteiger charge is 2.05. The summed E-state index contributed by atoms with van der Waals surface area (Å²) in [5.41, 5.74) is 6.69. The summed E-state index contributed by atoms with van der Waals surface area (Å²) in [6, 6.07) is 0. The molecule has 2 aromatic heterocycles. The van der Waals surface area contributed by atoms with Gasteiger partial charge in [-0.15, -0.1) is 11.8 Å². The molecule has 16 heavy (non-hydrogen) atoms. The third-order valence-electron chi connectivity index (χ3n) is 2.26. The van der Waals surface area contributed by atoms with Crippen molar-refractivity contribution in [1.82, 2.24) is 14.5 Å². The van der Waals surface area contributed by atoms with Crippen LogP contribution in [-0.2, 0) is 6.54 Å². The normalized spacial score (nSPS) is 10.9. The van der Waals surface area contributed by atoms with Gasteiger partial charge >= 0.3 is 0 Å². The number of nitrogens with two attached hydrogens (primary N) is 1. The average Bonchev–Trinajstić information content (AvgIpc) is 2.75. The zero-order valence-electron chi connectivity index (χ0n) is 9.30. The first-order valence-electron chi connectivity index (χ1n) is 5.00. The fourth-order valence-electron chi connectivity index (χ4n) is 1.41. The summed E-state index contributed by atoms with van der Waals surface area (Å²) >= 11 is 3.36. The number of anilines is 1. The summed E-state index contributed by atoms with van der Waals surface area (Å²) < 4.78 is 3.36. The van der Waals surface area contributed by atoms with E-state index in [0.717, 1.165) is 23.8 Å². The molecule has 0 unspecified atom stereocenters. The van der Waals surface area contributed by atoms with Gasteiger partial charge in [-0.1, -0.05) is 11.3 Å². The molecule has 0 aliphatic rings. The van der Waals surface area contributed by atoms with E-state index >= 15 is 0 Å². The molecule has 2 N–H and O–H groups in total. The van der Waals surface area contributed by atoms with Crippen molar-refractivity contribution in [3.63, 3.8) is 0 Å². The van der Waals surface area contributed by atoms with Crippen LogP contribution in [0.3, 0.4) is 0 Å². The van der Waals surface area contributed by atoms with E-state index in [0.29, 0.717) is 5.13 Å². The second-order valence-electron chi connectivity index (χ2n) is 3.44. The minimum Gasteiger partial charge on any atom is -0.375 e. The molecule has 0 spiro atoms. The molecule has 2 rings (SSSR count). The van der Waals surface area contributed by atoms with Gasteiger partial charge in [0.15, 0.2) is 5.13 Å². The van der Waals surface area contributed by atoms with E-state index in [1.165, 1.54) is 4.21 Å². The third-order valence-corrected chi connectivity index (χ3v) is 4.59. The van der Waals surface area contributed by atoms with Crippen LogP contribution in [0.5, 0.6) is 0 Å². The van der Waals surface area contributed by atoms with Gasteiger partial charge in [0.2, 0.25) is 0 Å². The fourth-order valence-corrected chi connectivity index (χ4v) is 3.45. The van der Waals surface area contributed by atoms with Gasteiger partial charge in [-0.2, -0.15) is 0 Å². The lowest BCUT2D eigenvalue weighted by molar-refractivity contribution is 0.738. The number of aryl methyl sites for hydroxylation is 3. The first-order valence-corrected chi connectivity index (χ1v) is 6.80. The quantitative estimate of drug-likeness (QED) is 0.851. The van der Waals surface area contributed by atoms with Crippen LogP contribution in [0, 0.1) is 13.8 Å². The summed E-state index contributed by atoms with van der Waals surface area (Å²) in [6.07, 6.45) is 3.83. The Morgan fingerprint density at radius 3 is 2.88 bits per heavy atom. The minimum atomic E-state index is 0.652. The summed E-state index contributed by atoms with van der Waals surface area (Å²) in [5.74, 6) is 2.07. The monoisotopic (exact) mass is 254 g/mol. The summed E-state index contributed by atoms with van der Waals surface area (Å²) in [7, 11) is 0. The van der Waals surface area contributed by atoms with E-state index in [2.05, 4.69) is 14.5 Å². The maximum Gasteiger partial charge on any atom is 0.181 e. The van der Waals surface area contributed by atoms with Crippen LogP contribution in [0.2, 0.25) is 0 Å². The number of nitrogen functional groups attached to an aromatic ring is 1. The smallest absolute Gasteiger partial charge is 0.181 e. The lowest BCUT2D eigenvalue weighted by Gasteiger charge is -2.03. The van der Waals surface area contributed by atoms with Crippen LogP contribution < -0.4 is 5.73 Å². The first kappa shape index (κ1) is 11.5. The van der Waals surface area contributed by atoms with E-state index < -0.39 is 0 Å². The van der Waals surface area contributed by atoms with Gasteiger partial charge in [-0.05, 0) is 13.8 Å². The van der Waals surface area contributed by atoms with E-state index in [9.17, 15) is 0 Å². The van der Waals surface area contributed by atoms with Crippen LogP contribution in [0.15, 0.2) is 16.6 Å². The number of thiazole rings is 1. The Morgan fingerprint density at radius 1 is 1.50 bits per heavy atom. The number of hydrogen-bond donors (Lipinski definition) is 1. The minimum absolute atomic E-state index is 0.652. The molecule has 4 nitrogen and oxygen atoms in total. The Balaban J connectivity index is 1.89. The van der Waals surface area contributed by atoms with Crippen LogP contribution >= 0.6 is 23.1 Å². The molecule has 86 valence electrons. The molecule has 2 heterocycles. The Bertz CT molecular complexity index is 475. The topological polar surface area (TPSA) is 56.7 Å². The molecule has 0 fully saturated rings. The van der Waals surface area contributed by atoms with E-state index in [1.54, 1.807) is 23.1 Å². The van der Waals surface area contributed by atoms with Crippen molar-refractivity contribution >= 4 is 28.2 Å². The molecule has 0 saturated carbocycles. The molecule has 0 amide bonds. The third kappa shape index (κ3) is 2.56. The average molecular weight is 254 g/mol. The molecule has 0 atom stereocenters. The summed E-state index contributed by atoms with van der Waals surface area (Å²) in [4.78, 5) is 8.39. The van der Waals surface area contributed by atoms with Crippen molar-refractivity contribution in [1.29, 1.82) is 0 Å². The molecule has 0 aliphatic carbocycles. The standard InChI is InChI=1S/C10H14N4S2/c1-7-9(16-10(11)13-7)15-6-5-14-4-3-12-8(14)2/h3-4H,5-6H2,1-2H3,(H2,11,13). The number of thioether (sulfide) groups is 1. The van der Waals surface area contributed by atoms with E-state index in [1.807, 2.05) is 26.2 Å². The van der Waals surface area contributed by atoms with Crippen molar-refractivity contribution in [3.05, 3.63) is 23.9 Å². The van der Waals surface area contributed by atoms with Gasteiger partial charge in [-0.25, -0.2) is 9.97 Å². The zero-order chi connectivity index (χ0) is 11.5. The van der Waals surface area contributed by atoms with Gasteiger partial charge in [-0.3, -0.25) is 0 Å². The van der Waals surface area contributed by atoms with E-state index in [4.69, 9.17) is 5.73 Å². The van der Waals surface area contributed by atoms with Crippen LogP contribution in [-0.4, -0.2) is 20.3 Å². The summed E-state index contributed by atoms with van der Waals surface area (Å²) in [5, 5.41) is 0.652. The number of rotatable bonds is 4. The molecule has 0 bridgehead atoms. The highest BCUT2D eigenvalue weighted by molar-refractivity contribution is 8.01. The SMILES string of the molecule is Cc1nc(N)sc1SCCn1ccnc1C. The van der Waals surface area contributed by atoms with Crippen molar-refractivity contribution in [2.75, 3.05) is 11.5 Å². The van der Waals surface area contributed by atoms with Crippen molar-refractivity contribution < 1.29 is 0 Å². The Morgan fingerprint density at radius 2 is 2.31 bits per heavy atom. The number of nitrogens with zero attached hydrogens (tertiary/aromatic N) is 3. The predicted molar refractivity (Wildman–Crippen MR) is 69.0 cm³/mol. The van der Waals surface area contributed by atoms with Crippen LogP contribution in [0.25, 0.3) is 0 Å². The molecule has 6 heteroatoms. The lowest BCUT2D eigenvalue weighted by Crippen LogP contribution is -2.01. The van der Waals surface area contributed by atoms with Crippen molar-refractivity contribution in [3.8, 4) is 0 Å². The molecule has 0 aliphatic heterocycles. The molecular weight excluding hydrogens is 240 g/mol. The zero-order valence-corrected chi connectivity index (χ0v) is 10.9. The maximum absolute atomic E-state index is 5.65. The molecule has 2 aromatic rings. The molecule has 0 saturated heterocycles. The largest absolute Gasteiger partial charge is 0.375 e. The second kappa shape index (κ2) is 4.88. The van der Waals surface area contributed by atoms with Gasteiger partial charge in [0.05, 0.1) is 9.90 Å². The Labute approximate surface area is 103 Å². The summed E-state index contributed by atoms with van der Waals surface area (Å²) in [6.45, 7) is 4.98. The first-order chi connectivity index (χ1) is 7.66. The van der Waals surface area contributed by atoms with Crippen molar-refractivity contribution in [2.24, 2.45) is 0 Å². The second-order valence-corrected chi connectivity index (χ2v) is 5.84. The Kier molecular flexibility index (Phi) is 3.50. The van der Waals surface area contributed by atoms with Crippen molar-refractivity contribution in [2.45, 2.75) is 24.6 Å². The van der Waals surface area contributed by atoms with Gasteiger partial charge < -0.3 is 10.3 Å². The highest BCUT2D eigenvalue weighted by atomic mass is 32.2. The van der Waals surface area contributed by atoms with Gasteiger partial charge in [0, 0.05) is 24.7 Å². The highest BCUT2D eigenvalue weighted by Crippen LogP contribution is 2.30. The van der Waals surface area contributed by atoms with E-state index in [-0.39, 0.29) is 0 Å². The molecular formula is C10H14N4S2. The fraction of sp³-hybridized carbons (Fsp3) is 0.400. The maximum atomic E-state index is 5.65. The Hall–Kier alpha value is -1.01. The van der Waals surface area contributed by atoms with Gasteiger partial charge in [0.1, 0.15) is 5.82 Å². The van der Waals surface area contributed by atoms with Gasteiger partial charge in [0.25, 0.3) is 0 Å². The number of hydrogen-bond acceptors (Lipinski definition) is 5.